The van der Waals surface area contributed by atoms with E-state index in [0.717, 1.165) is 10.0 Å². The lowest BCUT2D eigenvalue weighted by Gasteiger charge is -2.21. The van der Waals surface area contributed by atoms with Crippen LogP contribution in [0.5, 0.6) is 11.5 Å². The fraction of sp³-hybridized carbons (Fsp3) is 0.250. The van der Waals surface area contributed by atoms with Crippen LogP contribution in [0.1, 0.15) is 37.1 Å². The molecule has 0 aliphatic carbocycles. The highest BCUT2D eigenvalue weighted by Gasteiger charge is 2.14. The van der Waals surface area contributed by atoms with E-state index in [1.165, 1.54) is 11.6 Å². The number of benzene rings is 2. The van der Waals surface area contributed by atoms with Crippen molar-refractivity contribution in [2.24, 2.45) is 0 Å². The third-order valence-corrected chi connectivity index (χ3v) is 3.88. The standard InChI is InChI=1S/C16H18BrNO2/c1-10(12-3-5-13(17)6-4-12)18-11(2)15-8-7-14(19)9-16(15)20/h3-11,18-20H,1-2H3/t10-,11?/m0/s1. The van der Waals surface area contributed by atoms with E-state index in [2.05, 4.69) is 40.3 Å². The third kappa shape index (κ3) is 3.52. The van der Waals surface area contributed by atoms with Gasteiger partial charge in [-0.3, -0.25) is 0 Å². The van der Waals surface area contributed by atoms with Crippen LogP contribution in [-0.4, -0.2) is 10.2 Å². The molecule has 0 radical (unpaired) electrons. The molecule has 0 fully saturated rings. The lowest BCUT2D eigenvalue weighted by Crippen LogP contribution is -2.22. The van der Waals surface area contributed by atoms with Crippen molar-refractivity contribution in [2.45, 2.75) is 25.9 Å². The summed E-state index contributed by atoms with van der Waals surface area (Å²) in [6.45, 7) is 4.07. The molecular weight excluding hydrogens is 318 g/mol. The Kier molecular flexibility index (Phi) is 4.68. The second kappa shape index (κ2) is 6.29. The van der Waals surface area contributed by atoms with Crippen molar-refractivity contribution >= 4 is 15.9 Å². The molecule has 0 aliphatic heterocycles. The molecule has 20 heavy (non-hydrogen) atoms. The van der Waals surface area contributed by atoms with Crippen LogP contribution in [0.3, 0.4) is 0 Å². The minimum atomic E-state index is -0.0192. The van der Waals surface area contributed by atoms with E-state index in [0.29, 0.717) is 0 Å². The monoisotopic (exact) mass is 335 g/mol. The average Bonchev–Trinajstić information content (AvgIpc) is 2.39. The maximum Gasteiger partial charge on any atom is 0.124 e. The van der Waals surface area contributed by atoms with Crippen molar-refractivity contribution in [3.63, 3.8) is 0 Å². The van der Waals surface area contributed by atoms with E-state index in [1.54, 1.807) is 12.1 Å². The van der Waals surface area contributed by atoms with Crippen LogP contribution in [0.25, 0.3) is 0 Å². The van der Waals surface area contributed by atoms with Crippen molar-refractivity contribution < 1.29 is 10.2 Å². The van der Waals surface area contributed by atoms with Gasteiger partial charge in [0, 0.05) is 28.2 Å². The molecule has 0 amide bonds. The highest BCUT2D eigenvalue weighted by molar-refractivity contribution is 9.10. The van der Waals surface area contributed by atoms with Crippen LogP contribution < -0.4 is 5.32 Å². The summed E-state index contributed by atoms with van der Waals surface area (Å²) in [5, 5.41) is 22.6. The Labute approximate surface area is 127 Å². The lowest BCUT2D eigenvalue weighted by molar-refractivity contribution is 0.427. The molecule has 0 spiro atoms. The predicted octanol–water partition coefficient (Wildman–Crippen LogP) is 4.27. The molecule has 0 bridgehead atoms. The van der Waals surface area contributed by atoms with Crippen LogP contribution in [-0.2, 0) is 0 Å². The number of aromatic hydroxyl groups is 2. The Bertz CT molecular complexity index is 584. The van der Waals surface area contributed by atoms with E-state index in [-0.39, 0.29) is 23.6 Å². The maximum absolute atomic E-state index is 9.88. The summed E-state index contributed by atoms with van der Waals surface area (Å²) in [5.41, 5.74) is 1.95. The molecule has 2 atom stereocenters. The lowest BCUT2D eigenvalue weighted by atomic mass is 10.0. The molecule has 3 nitrogen and oxygen atoms in total. The SMILES string of the molecule is CC(N[C@@H](C)c1ccc(Br)cc1)c1ccc(O)cc1O. The van der Waals surface area contributed by atoms with Crippen LogP contribution in [0.4, 0.5) is 0 Å². The number of hydrogen-bond acceptors (Lipinski definition) is 3. The fourth-order valence-electron chi connectivity index (χ4n) is 2.21. The molecule has 3 N–H and O–H groups in total. The first-order valence-corrected chi connectivity index (χ1v) is 7.30. The maximum atomic E-state index is 9.88. The first-order chi connectivity index (χ1) is 9.47. The van der Waals surface area contributed by atoms with Gasteiger partial charge in [-0.25, -0.2) is 0 Å². The summed E-state index contributed by atoms with van der Waals surface area (Å²) in [4.78, 5) is 0. The Morgan fingerprint density at radius 2 is 1.60 bits per heavy atom. The Hall–Kier alpha value is -1.52. The molecule has 0 aromatic heterocycles. The van der Waals surface area contributed by atoms with Gasteiger partial charge < -0.3 is 15.5 Å². The van der Waals surface area contributed by atoms with Gasteiger partial charge in [-0.05, 0) is 37.6 Å². The van der Waals surface area contributed by atoms with Gasteiger partial charge in [0.2, 0.25) is 0 Å². The molecule has 4 heteroatoms. The minimum absolute atomic E-state index is 0.0192. The third-order valence-electron chi connectivity index (χ3n) is 3.35. The van der Waals surface area contributed by atoms with E-state index < -0.39 is 0 Å². The van der Waals surface area contributed by atoms with Gasteiger partial charge in [0.15, 0.2) is 0 Å². The van der Waals surface area contributed by atoms with Crippen LogP contribution in [0, 0.1) is 0 Å². The molecule has 2 rings (SSSR count). The number of rotatable bonds is 4. The van der Waals surface area contributed by atoms with Crippen molar-refractivity contribution in [1.29, 1.82) is 0 Å². The number of halogens is 1. The molecule has 0 saturated carbocycles. The zero-order valence-corrected chi connectivity index (χ0v) is 13.1. The normalized spacial score (nSPS) is 13.9. The molecule has 0 heterocycles. The highest BCUT2D eigenvalue weighted by Crippen LogP contribution is 2.29. The zero-order valence-electron chi connectivity index (χ0n) is 11.5. The Morgan fingerprint density at radius 3 is 2.20 bits per heavy atom. The molecule has 0 aliphatic rings. The average molecular weight is 336 g/mol. The molecule has 2 aromatic carbocycles. The van der Waals surface area contributed by atoms with E-state index in [1.807, 2.05) is 19.1 Å². The molecule has 0 saturated heterocycles. The number of phenols is 2. The first-order valence-electron chi connectivity index (χ1n) is 6.50. The van der Waals surface area contributed by atoms with Gasteiger partial charge in [0.1, 0.15) is 11.5 Å². The van der Waals surface area contributed by atoms with Gasteiger partial charge in [0.05, 0.1) is 0 Å². The summed E-state index contributed by atoms with van der Waals surface area (Å²) < 4.78 is 1.05. The van der Waals surface area contributed by atoms with Crippen molar-refractivity contribution in [2.75, 3.05) is 0 Å². The Balaban J connectivity index is 2.10. The van der Waals surface area contributed by atoms with E-state index in [4.69, 9.17) is 0 Å². The van der Waals surface area contributed by atoms with Crippen LogP contribution in [0.15, 0.2) is 46.9 Å². The highest BCUT2D eigenvalue weighted by atomic mass is 79.9. The van der Waals surface area contributed by atoms with Gasteiger partial charge in [-0.1, -0.05) is 34.1 Å². The van der Waals surface area contributed by atoms with Gasteiger partial charge in [0.25, 0.3) is 0 Å². The minimum Gasteiger partial charge on any atom is -0.508 e. The van der Waals surface area contributed by atoms with E-state index in [9.17, 15) is 10.2 Å². The largest absolute Gasteiger partial charge is 0.508 e. The Morgan fingerprint density at radius 1 is 0.950 bits per heavy atom. The van der Waals surface area contributed by atoms with Gasteiger partial charge in [-0.15, -0.1) is 0 Å². The van der Waals surface area contributed by atoms with E-state index >= 15 is 0 Å². The molecule has 1 unspecified atom stereocenters. The summed E-state index contributed by atoms with van der Waals surface area (Å²) >= 11 is 3.42. The van der Waals surface area contributed by atoms with Crippen molar-refractivity contribution in [3.05, 3.63) is 58.1 Å². The van der Waals surface area contributed by atoms with Gasteiger partial charge >= 0.3 is 0 Å². The van der Waals surface area contributed by atoms with Crippen molar-refractivity contribution in [3.8, 4) is 11.5 Å². The summed E-state index contributed by atoms with van der Waals surface area (Å²) in [6.07, 6.45) is 0. The van der Waals surface area contributed by atoms with Crippen LogP contribution >= 0.6 is 15.9 Å². The quantitative estimate of drug-likeness (QED) is 0.781. The fourth-order valence-corrected chi connectivity index (χ4v) is 2.48. The smallest absolute Gasteiger partial charge is 0.124 e. The number of nitrogens with one attached hydrogen (secondary N) is 1. The molecule has 2 aromatic rings. The van der Waals surface area contributed by atoms with Crippen molar-refractivity contribution in [1.82, 2.24) is 5.32 Å². The number of phenolic OH excluding ortho intramolecular Hbond substituents is 2. The summed E-state index contributed by atoms with van der Waals surface area (Å²) in [5.74, 6) is 0.174. The summed E-state index contributed by atoms with van der Waals surface area (Å²) in [6, 6.07) is 13.0. The predicted molar refractivity (Wildman–Crippen MR) is 83.9 cm³/mol. The summed E-state index contributed by atoms with van der Waals surface area (Å²) in [7, 11) is 0. The molecular formula is C16H18BrNO2. The zero-order chi connectivity index (χ0) is 14.7. The number of hydrogen-bond donors (Lipinski definition) is 3. The molecule has 106 valence electrons. The second-order valence-corrected chi connectivity index (χ2v) is 5.82. The van der Waals surface area contributed by atoms with Crippen LogP contribution in [0.2, 0.25) is 0 Å². The van der Waals surface area contributed by atoms with Gasteiger partial charge in [-0.2, -0.15) is 0 Å². The second-order valence-electron chi connectivity index (χ2n) is 4.90. The first kappa shape index (κ1) is 14.9. The topological polar surface area (TPSA) is 52.5 Å².